The Hall–Kier alpha value is -0.810. The maximum atomic E-state index is 10.8. The minimum atomic E-state index is -0.487. The summed E-state index contributed by atoms with van der Waals surface area (Å²) in [6.07, 6.45) is -0.487. The minimum absolute atomic E-state index is 0.0681. The van der Waals surface area contributed by atoms with Crippen LogP contribution in [0.1, 0.15) is 20.8 Å². The fourth-order valence-electron chi connectivity index (χ4n) is 0.471. The molecule has 72 valence electrons. The van der Waals surface area contributed by atoms with Crippen molar-refractivity contribution in [1.82, 2.24) is 16.3 Å². The molecule has 12 heavy (non-hydrogen) atoms. The Morgan fingerprint density at radius 3 is 2.42 bits per heavy atom. The van der Waals surface area contributed by atoms with Crippen molar-refractivity contribution in [2.24, 2.45) is 5.41 Å². The summed E-state index contributed by atoms with van der Waals surface area (Å²) >= 11 is 0. The summed E-state index contributed by atoms with van der Waals surface area (Å²) < 4.78 is 0. The molecule has 0 spiro atoms. The Morgan fingerprint density at radius 1 is 1.42 bits per heavy atom. The van der Waals surface area contributed by atoms with Gasteiger partial charge in [0.15, 0.2) is 0 Å². The molecule has 0 atom stereocenters. The lowest BCUT2D eigenvalue weighted by molar-refractivity contribution is 0.0677. The van der Waals surface area contributed by atoms with Gasteiger partial charge in [-0.15, -0.1) is 0 Å². The van der Waals surface area contributed by atoms with E-state index in [4.69, 9.17) is 0 Å². The van der Waals surface area contributed by atoms with E-state index in [1.807, 2.05) is 20.8 Å². The molecular formula is C7H17N3O2. The van der Waals surface area contributed by atoms with Crippen LogP contribution in [0.5, 0.6) is 0 Å². The van der Waals surface area contributed by atoms with E-state index in [-0.39, 0.29) is 5.41 Å². The first-order valence-electron chi connectivity index (χ1n) is 3.82. The molecule has 5 heteroatoms. The zero-order valence-corrected chi connectivity index (χ0v) is 8.02. The third-order valence-corrected chi connectivity index (χ3v) is 1.01. The zero-order valence-electron chi connectivity index (χ0n) is 8.02. The van der Waals surface area contributed by atoms with Gasteiger partial charge in [0.05, 0.1) is 0 Å². The van der Waals surface area contributed by atoms with Gasteiger partial charge in [-0.1, -0.05) is 26.4 Å². The van der Waals surface area contributed by atoms with Crippen molar-refractivity contribution in [3.63, 3.8) is 0 Å². The van der Waals surface area contributed by atoms with Crippen molar-refractivity contribution >= 4 is 6.09 Å². The third kappa shape index (κ3) is 7.30. The lowest BCUT2D eigenvalue weighted by atomic mass is 9.97. The van der Waals surface area contributed by atoms with Crippen LogP contribution in [0.2, 0.25) is 0 Å². The molecule has 1 amide bonds. The smallest absolute Gasteiger partial charge is 0.338 e. The monoisotopic (exact) mass is 175 g/mol. The van der Waals surface area contributed by atoms with Gasteiger partial charge >= 0.3 is 6.09 Å². The fourth-order valence-corrected chi connectivity index (χ4v) is 0.471. The first kappa shape index (κ1) is 11.2. The number of nitrogens with one attached hydrogen (secondary N) is 3. The summed E-state index contributed by atoms with van der Waals surface area (Å²) in [7, 11) is 1.61. The Labute approximate surface area is 72.8 Å². The van der Waals surface area contributed by atoms with E-state index < -0.39 is 6.09 Å². The Kier molecular flexibility index (Phi) is 4.61. The number of amides is 1. The molecule has 0 aliphatic heterocycles. The predicted octanol–water partition coefficient (Wildman–Crippen LogP) is 0.398. The highest BCUT2D eigenvalue weighted by atomic mass is 16.7. The quantitative estimate of drug-likeness (QED) is 0.543. The Balaban J connectivity index is 3.44. The molecular weight excluding hydrogens is 158 g/mol. The largest absolute Gasteiger partial charge is 0.427 e. The standard InChI is InChI=1S/C7H17N3O2/c1-7(2,3)5-9-6(11)12-10-8-4/h8,10H,5H2,1-4H3,(H,9,11). The van der Waals surface area contributed by atoms with Crippen LogP contribution in [0.3, 0.4) is 0 Å². The van der Waals surface area contributed by atoms with Crippen LogP contribution in [0, 0.1) is 5.41 Å². The molecule has 0 radical (unpaired) electrons. The molecule has 0 heterocycles. The molecule has 0 aliphatic rings. The number of carbonyl (C=O) groups excluding carboxylic acids is 1. The Bertz CT molecular complexity index is 142. The van der Waals surface area contributed by atoms with Crippen LogP contribution in [0.15, 0.2) is 0 Å². The van der Waals surface area contributed by atoms with Crippen LogP contribution in [0.25, 0.3) is 0 Å². The fraction of sp³-hybridized carbons (Fsp3) is 0.857. The predicted molar refractivity (Wildman–Crippen MR) is 46.1 cm³/mol. The van der Waals surface area contributed by atoms with Gasteiger partial charge in [0.25, 0.3) is 0 Å². The summed E-state index contributed by atoms with van der Waals surface area (Å²) in [5, 5.41) is 2.59. The van der Waals surface area contributed by atoms with Crippen molar-refractivity contribution in [3.05, 3.63) is 0 Å². The van der Waals surface area contributed by atoms with E-state index in [0.29, 0.717) is 6.54 Å². The van der Waals surface area contributed by atoms with Crippen LogP contribution < -0.4 is 16.3 Å². The molecule has 3 N–H and O–H groups in total. The number of carbonyl (C=O) groups is 1. The van der Waals surface area contributed by atoms with Crippen molar-refractivity contribution < 1.29 is 9.63 Å². The zero-order chi connectivity index (χ0) is 9.61. The SMILES string of the molecule is CNNOC(=O)NCC(C)(C)C. The number of hydrogen-bond acceptors (Lipinski definition) is 4. The van der Waals surface area contributed by atoms with Gasteiger partial charge in [-0.2, -0.15) is 0 Å². The van der Waals surface area contributed by atoms with Gasteiger partial charge < -0.3 is 10.2 Å². The van der Waals surface area contributed by atoms with E-state index in [9.17, 15) is 4.79 Å². The summed E-state index contributed by atoms with van der Waals surface area (Å²) in [5.41, 5.74) is 4.75. The second kappa shape index (κ2) is 4.95. The molecule has 5 nitrogen and oxygen atoms in total. The van der Waals surface area contributed by atoms with E-state index >= 15 is 0 Å². The van der Waals surface area contributed by atoms with Crippen molar-refractivity contribution in [2.45, 2.75) is 20.8 Å². The van der Waals surface area contributed by atoms with Crippen LogP contribution in [0.4, 0.5) is 4.79 Å². The highest BCUT2D eigenvalue weighted by Gasteiger charge is 2.11. The highest BCUT2D eigenvalue weighted by Crippen LogP contribution is 2.09. The first-order valence-corrected chi connectivity index (χ1v) is 3.82. The van der Waals surface area contributed by atoms with Crippen LogP contribution in [-0.2, 0) is 4.84 Å². The highest BCUT2D eigenvalue weighted by molar-refractivity contribution is 5.66. The van der Waals surface area contributed by atoms with Gasteiger partial charge in [-0.05, 0) is 5.41 Å². The molecule has 0 aliphatic carbocycles. The van der Waals surface area contributed by atoms with Gasteiger partial charge in [0.1, 0.15) is 0 Å². The average Bonchev–Trinajstić information content (AvgIpc) is 1.95. The summed E-state index contributed by atoms with van der Waals surface area (Å²) in [4.78, 5) is 15.3. The maximum Gasteiger partial charge on any atom is 0.427 e. The van der Waals surface area contributed by atoms with Gasteiger partial charge in [-0.3, -0.25) is 0 Å². The topological polar surface area (TPSA) is 62.4 Å². The van der Waals surface area contributed by atoms with E-state index in [0.717, 1.165) is 0 Å². The molecule has 0 bridgehead atoms. The minimum Gasteiger partial charge on any atom is -0.338 e. The number of hydrogen-bond donors (Lipinski definition) is 3. The molecule has 0 aromatic carbocycles. The molecule has 0 aromatic heterocycles. The van der Waals surface area contributed by atoms with Crippen molar-refractivity contribution in [3.8, 4) is 0 Å². The molecule has 0 saturated heterocycles. The van der Waals surface area contributed by atoms with Gasteiger partial charge in [0.2, 0.25) is 0 Å². The average molecular weight is 175 g/mol. The number of rotatable bonds is 3. The van der Waals surface area contributed by atoms with Crippen molar-refractivity contribution in [2.75, 3.05) is 13.6 Å². The van der Waals surface area contributed by atoms with Gasteiger partial charge in [-0.25, -0.2) is 10.2 Å². The second-order valence-corrected chi connectivity index (χ2v) is 3.66. The van der Waals surface area contributed by atoms with E-state index in [1.54, 1.807) is 7.05 Å². The molecule has 0 unspecified atom stereocenters. The lowest BCUT2D eigenvalue weighted by Gasteiger charge is -2.18. The molecule has 0 aromatic rings. The normalized spacial score (nSPS) is 11.0. The summed E-state index contributed by atoms with van der Waals surface area (Å²) in [5.74, 6) is 0. The van der Waals surface area contributed by atoms with Crippen LogP contribution >= 0.6 is 0 Å². The summed E-state index contributed by atoms with van der Waals surface area (Å²) in [6.45, 7) is 6.66. The molecule has 0 rings (SSSR count). The first-order chi connectivity index (χ1) is 5.45. The van der Waals surface area contributed by atoms with E-state index in [1.165, 1.54) is 0 Å². The third-order valence-electron chi connectivity index (χ3n) is 1.01. The van der Waals surface area contributed by atoms with Gasteiger partial charge in [0, 0.05) is 13.6 Å². The summed E-state index contributed by atoms with van der Waals surface area (Å²) in [6, 6.07) is 0. The number of hydrazine groups is 1. The van der Waals surface area contributed by atoms with Crippen molar-refractivity contribution in [1.29, 1.82) is 0 Å². The second-order valence-electron chi connectivity index (χ2n) is 3.66. The van der Waals surface area contributed by atoms with E-state index in [2.05, 4.69) is 21.2 Å². The lowest BCUT2D eigenvalue weighted by Crippen LogP contribution is -2.39. The molecule has 0 fully saturated rings. The Morgan fingerprint density at radius 2 is 2.00 bits per heavy atom. The molecule has 0 saturated carbocycles. The maximum absolute atomic E-state index is 10.8. The van der Waals surface area contributed by atoms with Crippen LogP contribution in [-0.4, -0.2) is 19.7 Å².